The van der Waals surface area contributed by atoms with Crippen LogP contribution in [0.25, 0.3) is 10.9 Å². The number of ether oxygens (including phenoxy) is 1. The molecule has 3 rings (SSSR count). The number of aliphatic carboxylic acids is 1. The minimum absolute atomic E-state index is 0.187. The van der Waals surface area contributed by atoms with Crippen LogP contribution in [0.1, 0.15) is 0 Å². The van der Waals surface area contributed by atoms with Gasteiger partial charge in [0.15, 0.2) is 6.04 Å². The van der Waals surface area contributed by atoms with Crippen LogP contribution < -0.4 is 4.90 Å². The Labute approximate surface area is 120 Å². The van der Waals surface area contributed by atoms with Crippen molar-refractivity contribution >= 4 is 34.2 Å². The lowest BCUT2D eigenvalue weighted by atomic mass is 10.1. The Morgan fingerprint density at radius 3 is 3.10 bits per heavy atom. The molecule has 1 fully saturated rings. The van der Waals surface area contributed by atoms with Gasteiger partial charge in [-0.3, -0.25) is 4.98 Å². The van der Waals surface area contributed by atoms with Crippen LogP contribution in [0.5, 0.6) is 0 Å². The Morgan fingerprint density at radius 1 is 1.45 bits per heavy atom. The summed E-state index contributed by atoms with van der Waals surface area (Å²) < 4.78 is 5.27. The van der Waals surface area contributed by atoms with Crippen LogP contribution >= 0.6 is 11.6 Å². The highest BCUT2D eigenvalue weighted by molar-refractivity contribution is 6.31. The van der Waals surface area contributed by atoms with Gasteiger partial charge in [-0.15, -0.1) is 0 Å². The minimum Gasteiger partial charge on any atom is -0.480 e. The van der Waals surface area contributed by atoms with Crippen LogP contribution in [0.15, 0.2) is 30.5 Å². The van der Waals surface area contributed by atoms with Crippen molar-refractivity contribution in [3.63, 3.8) is 0 Å². The normalized spacial score (nSPS) is 19.2. The molecule has 1 atom stereocenters. The maximum atomic E-state index is 11.4. The molecule has 1 aromatic heterocycles. The Kier molecular flexibility index (Phi) is 3.46. The lowest BCUT2D eigenvalue weighted by Gasteiger charge is -2.35. The highest BCUT2D eigenvalue weighted by Gasteiger charge is 2.30. The number of hydrogen-bond acceptors (Lipinski definition) is 4. The van der Waals surface area contributed by atoms with Crippen molar-refractivity contribution in [3.05, 3.63) is 35.5 Å². The smallest absolute Gasteiger partial charge is 0.328 e. The molecule has 0 amide bonds. The van der Waals surface area contributed by atoms with E-state index in [1.165, 1.54) is 0 Å². The fraction of sp³-hybridized carbons (Fsp3) is 0.286. The summed E-state index contributed by atoms with van der Waals surface area (Å²) in [4.78, 5) is 17.5. The van der Waals surface area contributed by atoms with Gasteiger partial charge in [0.05, 0.1) is 18.7 Å². The molecule has 0 aliphatic carbocycles. The first-order valence-corrected chi connectivity index (χ1v) is 6.66. The molecule has 1 N–H and O–H groups in total. The maximum Gasteiger partial charge on any atom is 0.328 e. The zero-order valence-corrected chi connectivity index (χ0v) is 11.4. The first-order chi connectivity index (χ1) is 9.66. The number of anilines is 1. The largest absolute Gasteiger partial charge is 0.480 e. The zero-order chi connectivity index (χ0) is 14.1. The fourth-order valence-corrected chi connectivity index (χ4v) is 2.62. The van der Waals surface area contributed by atoms with Gasteiger partial charge in [0.1, 0.15) is 0 Å². The highest BCUT2D eigenvalue weighted by Crippen LogP contribution is 2.29. The Balaban J connectivity index is 2.10. The third kappa shape index (κ3) is 2.30. The second-order valence-corrected chi connectivity index (χ2v) is 5.05. The average molecular weight is 293 g/mol. The SMILES string of the molecule is O=C(O)C1COCCN1c1ccnc2cc(Cl)ccc12. The molecular formula is C14H13ClN2O3. The van der Waals surface area contributed by atoms with Gasteiger partial charge in [-0.2, -0.15) is 0 Å². The Morgan fingerprint density at radius 2 is 2.30 bits per heavy atom. The van der Waals surface area contributed by atoms with Crippen LogP contribution in [0.4, 0.5) is 5.69 Å². The first kappa shape index (κ1) is 13.1. The van der Waals surface area contributed by atoms with Gasteiger partial charge in [0, 0.05) is 28.8 Å². The summed E-state index contributed by atoms with van der Waals surface area (Å²) in [7, 11) is 0. The lowest BCUT2D eigenvalue weighted by molar-refractivity contribution is -0.141. The predicted molar refractivity (Wildman–Crippen MR) is 76.3 cm³/mol. The second kappa shape index (κ2) is 5.26. The molecule has 0 bridgehead atoms. The summed E-state index contributed by atoms with van der Waals surface area (Å²) in [6, 6.07) is 6.58. The Hall–Kier alpha value is -1.85. The van der Waals surface area contributed by atoms with Gasteiger partial charge >= 0.3 is 5.97 Å². The number of fused-ring (bicyclic) bond motifs is 1. The summed E-state index contributed by atoms with van der Waals surface area (Å²) >= 11 is 5.97. The number of carboxylic acid groups (broad SMARTS) is 1. The monoisotopic (exact) mass is 292 g/mol. The van der Waals surface area contributed by atoms with E-state index >= 15 is 0 Å². The van der Waals surface area contributed by atoms with Gasteiger partial charge in [-0.1, -0.05) is 11.6 Å². The standard InChI is InChI=1S/C14H13ClN2O3/c15-9-1-2-10-11(7-9)16-4-3-12(10)17-5-6-20-8-13(17)14(18)19/h1-4,7,13H,5-6,8H2,(H,18,19). The van der Waals surface area contributed by atoms with Gasteiger partial charge in [-0.05, 0) is 24.3 Å². The minimum atomic E-state index is -0.886. The molecule has 2 heterocycles. The summed E-state index contributed by atoms with van der Waals surface area (Å²) in [5, 5.41) is 10.8. The molecule has 0 radical (unpaired) electrons. The molecular weight excluding hydrogens is 280 g/mol. The van der Waals surface area contributed by atoms with E-state index in [1.54, 1.807) is 18.3 Å². The zero-order valence-electron chi connectivity index (χ0n) is 10.6. The highest BCUT2D eigenvalue weighted by atomic mass is 35.5. The fourth-order valence-electron chi connectivity index (χ4n) is 2.45. The molecule has 20 heavy (non-hydrogen) atoms. The number of rotatable bonds is 2. The van der Waals surface area contributed by atoms with Crippen LogP contribution in [0.3, 0.4) is 0 Å². The van der Waals surface area contributed by atoms with E-state index in [4.69, 9.17) is 16.3 Å². The van der Waals surface area contributed by atoms with Crippen molar-refractivity contribution < 1.29 is 14.6 Å². The van der Waals surface area contributed by atoms with Crippen LogP contribution in [0, 0.1) is 0 Å². The number of morpholine rings is 1. The molecule has 0 spiro atoms. The van der Waals surface area contributed by atoms with Gasteiger partial charge in [0.2, 0.25) is 0 Å². The molecule has 1 aliphatic heterocycles. The molecule has 104 valence electrons. The lowest BCUT2D eigenvalue weighted by Crippen LogP contribution is -2.50. The average Bonchev–Trinajstić information content (AvgIpc) is 2.46. The molecule has 1 unspecified atom stereocenters. The number of carbonyl (C=O) groups is 1. The van der Waals surface area contributed by atoms with Gasteiger partial charge in [0.25, 0.3) is 0 Å². The topological polar surface area (TPSA) is 62.7 Å². The molecule has 1 aliphatic rings. The van der Waals surface area contributed by atoms with E-state index in [-0.39, 0.29) is 6.61 Å². The van der Waals surface area contributed by atoms with Crippen molar-refractivity contribution in [2.24, 2.45) is 0 Å². The molecule has 1 saturated heterocycles. The molecule has 1 aromatic carbocycles. The molecule has 5 nitrogen and oxygen atoms in total. The van der Waals surface area contributed by atoms with Gasteiger partial charge < -0.3 is 14.7 Å². The summed E-state index contributed by atoms with van der Waals surface area (Å²) in [6.45, 7) is 1.24. The maximum absolute atomic E-state index is 11.4. The Bertz CT molecular complexity index is 662. The molecule has 0 saturated carbocycles. The number of nitrogens with zero attached hydrogens (tertiary/aromatic N) is 2. The number of hydrogen-bond donors (Lipinski definition) is 1. The third-order valence-corrected chi connectivity index (χ3v) is 3.64. The number of carboxylic acids is 1. The van der Waals surface area contributed by atoms with Crippen molar-refractivity contribution in [2.45, 2.75) is 6.04 Å². The quantitative estimate of drug-likeness (QED) is 0.919. The van der Waals surface area contributed by atoms with Crippen molar-refractivity contribution in [2.75, 3.05) is 24.7 Å². The number of pyridine rings is 1. The molecule has 2 aromatic rings. The van der Waals surface area contributed by atoms with E-state index in [1.807, 2.05) is 17.0 Å². The van der Waals surface area contributed by atoms with Crippen molar-refractivity contribution in [1.82, 2.24) is 4.98 Å². The van der Waals surface area contributed by atoms with E-state index < -0.39 is 12.0 Å². The number of benzene rings is 1. The summed E-state index contributed by atoms with van der Waals surface area (Å²) in [5.41, 5.74) is 1.60. The van der Waals surface area contributed by atoms with Crippen LogP contribution in [-0.2, 0) is 9.53 Å². The predicted octanol–water partition coefficient (Wildman–Crippen LogP) is 2.18. The van der Waals surface area contributed by atoms with Crippen molar-refractivity contribution in [3.8, 4) is 0 Å². The second-order valence-electron chi connectivity index (χ2n) is 4.61. The van der Waals surface area contributed by atoms with Crippen LogP contribution in [-0.4, -0.2) is 41.9 Å². The van der Waals surface area contributed by atoms with E-state index in [2.05, 4.69) is 4.98 Å². The summed E-state index contributed by atoms with van der Waals surface area (Å²) in [5.74, 6) is -0.886. The number of aromatic nitrogens is 1. The van der Waals surface area contributed by atoms with E-state index in [9.17, 15) is 9.90 Å². The van der Waals surface area contributed by atoms with E-state index in [0.29, 0.717) is 18.2 Å². The van der Waals surface area contributed by atoms with Crippen molar-refractivity contribution in [1.29, 1.82) is 0 Å². The number of halogens is 1. The summed E-state index contributed by atoms with van der Waals surface area (Å²) in [6.07, 6.45) is 1.67. The first-order valence-electron chi connectivity index (χ1n) is 6.28. The van der Waals surface area contributed by atoms with Crippen LogP contribution in [0.2, 0.25) is 5.02 Å². The molecule has 6 heteroatoms. The third-order valence-electron chi connectivity index (χ3n) is 3.40. The van der Waals surface area contributed by atoms with Gasteiger partial charge in [-0.25, -0.2) is 4.79 Å². The van der Waals surface area contributed by atoms with E-state index in [0.717, 1.165) is 16.6 Å².